The fraction of sp³-hybridized carbons (Fsp3) is 0.909. The molecule has 1 saturated heterocycles. The normalized spacial score (nSPS) is 41.2. The third-order valence-electron chi connectivity index (χ3n) is 3.33. The molecule has 0 spiro atoms. The van der Waals surface area contributed by atoms with Gasteiger partial charge in [0.2, 0.25) is 0 Å². The lowest BCUT2D eigenvalue weighted by atomic mass is 9.94. The maximum absolute atomic E-state index is 10.1. The summed E-state index contributed by atoms with van der Waals surface area (Å²) >= 11 is 1.46. The van der Waals surface area contributed by atoms with E-state index in [0.29, 0.717) is 0 Å². The standard InChI is InChI=1S/C11H21N3O3S/c1-4-13-5(2)9-8(16)7(15)6-10(17-9)18-11(12-3)14-6/h5-10,13,15-16H,4H2,1-3H3,(H,12,14)/t5-,6+,7+,8-,9-,10+/m0/s1. The highest BCUT2D eigenvalue weighted by Crippen LogP contribution is 2.36. The van der Waals surface area contributed by atoms with Crippen LogP contribution < -0.4 is 10.6 Å². The summed E-state index contributed by atoms with van der Waals surface area (Å²) in [6.07, 6.45) is -2.21. The smallest absolute Gasteiger partial charge is 0.159 e. The number of hydrogen-bond acceptors (Lipinski definition) is 7. The lowest BCUT2D eigenvalue weighted by molar-refractivity contribution is -0.160. The van der Waals surface area contributed by atoms with Gasteiger partial charge in [-0.25, -0.2) is 0 Å². The van der Waals surface area contributed by atoms with Gasteiger partial charge >= 0.3 is 0 Å². The van der Waals surface area contributed by atoms with Crippen LogP contribution in [0.4, 0.5) is 0 Å². The summed E-state index contributed by atoms with van der Waals surface area (Å²) in [6.45, 7) is 4.74. The van der Waals surface area contributed by atoms with Crippen LogP contribution in [0.3, 0.4) is 0 Å². The summed E-state index contributed by atoms with van der Waals surface area (Å²) in [5.74, 6) is 0. The minimum atomic E-state index is -0.916. The number of thioether (sulfide) groups is 1. The summed E-state index contributed by atoms with van der Waals surface area (Å²) in [6, 6.07) is -0.405. The van der Waals surface area contributed by atoms with Crippen LogP contribution in [-0.4, -0.2) is 64.8 Å². The molecule has 1 fully saturated rings. The number of nitrogens with one attached hydrogen (secondary N) is 2. The van der Waals surface area contributed by atoms with Crippen molar-refractivity contribution in [3.8, 4) is 0 Å². The van der Waals surface area contributed by atoms with Crippen molar-refractivity contribution >= 4 is 16.9 Å². The average Bonchev–Trinajstić information content (AvgIpc) is 2.77. The predicted octanol–water partition coefficient (Wildman–Crippen LogP) is -0.878. The molecule has 6 atom stereocenters. The number of nitrogens with zero attached hydrogens (tertiary/aromatic N) is 1. The van der Waals surface area contributed by atoms with Crippen molar-refractivity contribution in [1.29, 1.82) is 0 Å². The number of hydrogen-bond donors (Lipinski definition) is 4. The van der Waals surface area contributed by atoms with Crippen LogP contribution in [0, 0.1) is 0 Å². The summed E-state index contributed by atoms with van der Waals surface area (Å²) in [5.41, 5.74) is -0.225. The van der Waals surface area contributed by atoms with Crippen molar-refractivity contribution in [2.75, 3.05) is 13.6 Å². The van der Waals surface area contributed by atoms with Gasteiger partial charge in [0.05, 0.1) is 0 Å². The van der Waals surface area contributed by atoms with E-state index in [1.54, 1.807) is 7.05 Å². The van der Waals surface area contributed by atoms with Gasteiger partial charge in [0.25, 0.3) is 0 Å². The number of aliphatic hydroxyl groups is 2. The number of ether oxygens (including phenoxy) is 1. The third kappa shape index (κ3) is 2.50. The molecule has 6 nitrogen and oxygen atoms in total. The highest BCUT2D eigenvalue weighted by Gasteiger charge is 2.49. The molecule has 0 amide bonds. The van der Waals surface area contributed by atoms with Crippen LogP contribution in [0.2, 0.25) is 0 Å². The maximum Gasteiger partial charge on any atom is 0.159 e. The van der Waals surface area contributed by atoms with Crippen LogP contribution in [0.1, 0.15) is 13.8 Å². The Bertz CT molecular complexity index is 329. The second-order valence-electron chi connectivity index (χ2n) is 4.59. The molecule has 18 heavy (non-hydrogen) atoms. The van der Waals surface area contributed by atoms with Crippen molar-refractivity contribution in [2.45, 2.75) is 49.7 Å². The van der Waals surface area contributed by atoms with E-state index in [1.165, 1.54) is 11.8 Å². The Morgan fingerprint density at radius 3 is 2.78 bits per heavy atom. The number of likely N-dealkylation sites (N-methyl/N-ethyl adjacent to an activating group) is 1. The largest absolute Gasteiger partial charge is 0.388 e. The van der Waals surface area contributed by atoms with Crippen LogP contribution >= 0.6 is 11.8 Å². The van der Waals surface area contributed by atoms with Gasteiger partial charge in [-0.3, -0.25) is 4.99 Å². The zero-order valence-corrected chi connectivity index (χ0v) is 11.6. The van der Waals surface area contributed by atoms with Crippen LogP contribution in [0.5, 0.6) is 0 Å². The maximum atomic E-state index is 10.1. The molecule has 2 aliphatic rings. The second kappa shape index (κ2) is 5.75. The minimum Gasteiger partial charge on any atom is -0.388 e. The average molecular weight is 275 g/mol. The van der Waals surface area contributed by atoms with Crippen LogP contribution in [-0.2, 0) is 4.74 Å². The fourth-order valence-corrected chi connectivity index (χ4v) is 3.42. The molecule has 0 aromatic carbocycles. The molecular formula is C11H21N3O3S. The summed E-state index contributed by atoms with van der Waals surface area (Å²) in [5, 5.41) is 27.2. The van der Waals surface area contributed by atoms with Gasteiger partial charge in [0.1, 0.15) is 29.8 Å². The Morgan fingerprint density at radius 1 is 1.44 bits per heavy atom. The zero-order valence-electron chi connectivity index (χ0n) is 10.8. The molecule has 2 aliphatic heterocycles. The van der Waals surface area contributed by atoms with Crippen molar-refractivity contribution in [2.24, 2.45) is 4.99 Å². The number of aliphatic imine (C=N–C) groups is 1. The lowest BCUT2D eigenvalue weighted by Crippen LogP contribution is -2.60. The first-order valence-electron chi connectivity index (χ1n) is 6.25. The SMILES string of the molecule is CCN[C@@H](C)[C@@H]1O[C@@H]2SC(NC)=N[C@@H]2[C@@H](O)[C@@H]1O. The van der Waals surface area contributed by atoms with E-state index in [-0.39, 0.29) is 11.5 Å². The van der Waals surface area contributed by atoms with E-state index in [1.807, 2.05) is 13.8 Å². The van der Waals surface area contributed by atoms with Crippen LogP contribution in [0.25, 0.3) is 0 Å². The van der Waals surface area contributed by atoms with Crippen LogP contribution in [0.15, 0.2) is 4.99 Å². The molecule has 0 bridgehead atoms. The zero-order chi connectivity index (χ0) is 13.3. The Kier molecular flexibility index (Phi) is 4.50. The Morgan fingerprint density at radius 2 is 2.17 bits per heavy atom. The van der Waals surface area contributed by atoms with Gasteiger partial charge in [-0.2, -0.15) is 0 Å². The molecule has 0 unspecified atom stereocenters. The van der Waals surface area contributed by atoms with Gasteiger partial charge in [0.15, 0.2) is 5.17 Å². The Labute approximate surface area is 111 Å². The first kappa shape index (κ1) is 14.1. The molecular weight excluding hydrogens is 254 g/mol. The van der Waals surface area contributed by atoms with E-state index in [9.17, 15) is 10.2 Å². The summed E-state index contributed by atoms with van der Waals surface area (Å²) < 4.78 is 5.88. The molecule has 7 heteroatoms. The van der Waals surface area contributed by atoms with Gasteiger partial charge in [-0.15, -0.1) is 0 Å². The van der Waals surface area contributed by atoms with Gasteiger partial charge in [-0.05, 0) is 13.5 Å². The van der Waals surface area contributed by atoms with Crippen molar-refractivity contribution in [1.82, 2.24) is 10.6 Å². The first-order chi connectivity index (χ1) is 8.58. The Balaban J connectivity index is 2.08. The highest BCUT2D eigenvalue weighted by molar-refractivity contribution is 8.14. The molecule has 0 aromatic heterocycles. The Hall–Kier alpha value is -0.340. The quantitative estimate of drug-likeness (QED) is 0.535. The number of fused-ring (bicyclic) bond motifs is 1. The van der Waals surface area contributed by atoms with Crippen molar-refractivity contribution in [3.05, 3.63) is 0 Å². The third-order valence-corrected chi connectivity index (χ3v) is 4.49. The van der Waals surface area contributed by atoms with E-state index >= 15 is 0 Å². The van der Waals surface area contributed by atoms with E-state index in [2.05, 4.69) is 15.6 Å². The second-order valence-corrected chi connectivity index (χ2v) is 5.68. The molecule has 0 aliphatic carbocycles. The number of amidine groups is 1. The fourth-order valence-electron chi connectivity index (χ4n) is 2.36. The molecule has 0 aromatic rings. The van der Waals surface area contributed by atoms with Gasteiger partial charge in [-0.1, -0.05) is 18.7 Å². The first-order valence-corrected chi connectivity index (χ1v) is 7.13. The predicted molar refractivity (Wildman–Crippen MR) is 71.7 cm³/mol. The number of aliphatic hydroxyl groups excluding tert-OH is 2. The highest BCUT2D eigenvalue weighted by atomic mass is 32.2. The van der Waals surface area contributed by atoms with Gasteiger partial charge < -0.3 is 25.6 Å². The van der Waals surface area contributed by atoms with E-state index in [4.69, 9.17) is 4.74 Å². The molecule has 4 N–H and O–H groups in total. The van der Waals surface area contributed by atoms with E-state index < -0.39 is 24.4 Å². The van der Waals surface area contributed by atoms with Crippen molar-refractivity contribution < 1.29 is 14.9 Å². The van der Waals surface area contributed by atoms with E-state index in [0.717, 1.165) is 11.7 Å². The molecule has 2 rings (SSSR count). The monoisotopic (exact) mass is 275 g/mol. The van der Waals surface area contributed by atoms with Gasteiger partial charge in [0, 0.05) is 13.1 Å². The molecule has 2 heterocycles. The summed E-state index contributed by atoms with van der Waals surface area (Å²) in [7, 11) is 1.78. The molecule has 0 saturated carbocycles. The molecule has 0 radical (unpaired) electrons. The lowest BCUT2D eigenvalue weighted by Gasteiger charge is -2.41. The topological polar surface area (TPSA) is 86.1 Å². The molecule has 104 valence electrons. The van der Waals surface area contributed by atoms with Crippen molar-refractivity contribution in [3.63, 3.8) is 0 Å². The minimum absolute atomic E-state index is 0.0140. The number of rotatable bonds is 3. The summed E-state index contributed by atoms with van der Waals surface area (Å²) in [4.78, 5) is 4.31.